The molecule has 0 aromatic heterocycles. The van der Waals surface area contributed by atoms with Gasteiger partial charge in [-0.1, -0.05) is 12.2 Å². The average Bonchev–Trinajstić information content (AvgIpc) is 2.49. The molecule has 0 saturated heterocycles. The molecule has 0 bridgehead atoms. The Morgan fingerprint density at radius 1 is 1.36 bits per heavy atom. The molecule has 0 atom stereocenters. The minimum absolute atomic E-state index is 0.0287. The molecule has 0 aliphatic carbocycles. The number of benzene rings is 1. The molecule has 1 aromatic rings. The second-order valence-corrected chi connectivity index (χ2v) is 5.92. The summed E-state index contributed by atoms with van der Waals surface area (Å²) in [6.45, 7) is 5.15. The van der Waals surface area contributed by atoms with E-state index in [1.54, 1.807) is 20.8 Å². The number of methoxy groups -OCH3 is 1. The second kappa shape index (κ2) is 8.22. The highest BCUT2D eigenvalue weighted by atomic mass is 19.1. The van der Waals surface area contributed by atoms with Crippen molar-refractivity contribution in [2.24, 2.45) is 0 Å². The minimum atomic E-state index is -1.01. The van der Waals surface area contributed by atoms with Gasteiger partial charge in [0.15, 0.2) is 0 Å². The number of hydrogen-bond acceptors (Lipinski definition) is 6. The molecule has 0 saturated carbocycles. The van der Waals surface area contributed by atoms with Crippen molar-refractivity contribution in [2.45, 2.75) is 26.4 Å². The van der Waals surface area contributed by atoms with Gasteiger partial charge in [0.1, 0.15) is 17.0 Å². The number of nitrogens with zero attached hydrogens (tertiary/aromatic N) is 1. The Kier molecular flexibility index (Phi) is 6.60. The monoisotopic (exact) mass is 354 g/mol. The standard InChI is InChI=1S/C16H19FN2O6/c1-16(2,3)25-15(21)18-7-5-6-10-8-13(19(22)23)11(9-12(10)17)14(20)24-4/h5-6,8-9H,7H2,1-4H3,(H,18,21). The predicted molar refractivity (Wildman–Crippen MR) is 87.7 cm³/mol. The third-order valence-corrected chi connectivity index (χ3v) is 2.78. The third kappa shape index (κ3) is 6.21. The summed E-state index contributed by atoms with van der Waals surface area (Å²) in [5.74, 6) is -1.84. The van der Waals surface area contributed by atoms with Crippen LogP contribution in [0.5, 0.6) is 0 Å². The highest BCUT2D eigenvalue weighted by Gasteiger charge is 2.23. The molecule has 25 heavy (non-hydrogen) atoms. The number of amides is 1. The largest absolute Gasteiger partial charge is 0.465 e. The van der Waals surface area contributed by atoms with Gasteiger partial charge in [-0.25, -0.2) is 14.0 Å². The van der Waals surface area contributed by atoms with E-state index in [2.05, 4.69) is 10.1 Å². The third-order valence-electron chi connectivity index (χ3n) is 2.78. The van der Waals surface area contributed by atoms with E-state index in [4.69, 9.17) is 4.74 Å². The molecule has 1 aromatic carbocycles. The van der Waals surface area contributed by atoms with Gasteiger partial charge in [-0.05, 0) is 26.8 Å². The van der Waals surface area contributed by atoms with Crippen molar-refractivity contribution < 1.29 is 28.4 Å². The summed E-state index contributed by atoms with van der Waals surface area (Å²) in [6, 6.07) is 1.66. The van der Waals surface area contributed by atoms with E-state index in [1.165, 1.54) is 12.2 Å². The first kappa shape index (κ1) is 20.1. The molecule has 8 nitrogen and oxygen atoms in total. The molecular weight excluding hydrogens is 335 g/mol. The number of carbonyl (C=O) groups is 2. The SMILES string of the molecule is COC(=O)c1cc(F)c(C=CCNC(=O)OC(C)(C)C)cc1[N+](=O)[O-]. The number of carbonyl (C=O) groups excluding carboxylic acids is 2. The molecule has 1 N–H and O–H groups in total. The Morgan fingerprint density at radius 2 is 2.00 bits per heavy atom. The summed E-state index contributed by atoms with van der Waals surface area (Å²) in [6.07, 6.45) is 2.00. The smallest absolute Gasteiger partial charge is 0.407 e. The van der Waals surface area contributed by atoms with Crippen molar-refractivity contribution >= 4 is 23.8 Å². The van der Waals surface area contributed by atoms with Crippen LogP contribution in [0, 0.1) is 15.9 Å². The van der Waals surface area contributed by atoms with Crippen molar-refractivity contribution in [3.63, 3.8) is 0 Å². The minimum Gasteiger partial charge on any atom is -0.465 e. The lowest BCUT2D eigenvalue weighted by molar-refractivity contribution is -0.385. The molecule has 0 aliphatic rings. The van der Waals surface area contributed by atoms with Crippen LogP contribution in [0.2, 0.25) is 0 Å². The highest BCUT2D eigenvalue weighted by molar-refractivity contribution is 5.94. The van der Waals surface area contributed by atoms with Gasteiger partial charge in [-0.15, -0.1) is 0 Å². The van der Waals surface area contributed by atoms with E-state index < -0.39 is 39.7 Å². The van der Waals surface area contributed by atoms with Crippen LogP contribution >= 0.6 is 0 Å². The number of nitrogens with one attached hydrogen (secondary N) is 1. The first-order valence-electron chi connectivity index (χ1n) is 7.25. The van der Waals surface area contributed by atoms with Crippen LogP contribution in [0.15, 0.2) is 18.2 Å². The number of nitro groups is 1. The van der Waals surface area contributed by atoms with E-state index in [0.29, 0.717) is 0 Å². The van der Waals surface area contributed by atoms with E-state index in [1.807, 2.05) is 0 Å². The normalized spacial score (nSPS) is 11.2. The van der Waals surface area contributed by atoms with Gasteiger partial charge in [-0.2, -0.15) is 0 Å². The van der Waals surface area contributed by atoms with E-state index >= 15 is 0 Å². The molecule has 0 fully saturated rings. The Balaban J connectivity index is 2.89. The Bertz CT molecular complexity index is 709. The summed E-state index contributed by atoms with van der Waals surface area (Å²) in [5, 5.41) is 13.5. The van der Waals surface area contributed by atoms with Gasteiger partial charge < -0.3 is 14.8 Å². The van der Waals surface area contributed by atoms with Crippen molar-refractivity contribution in [1.82, 2.24) is 5.32 Å². The van der Waals surface area contributed by atoms with Crippen LogP contribution in [-0.4, -0.2) is 36.2 Å². The average molecular weight is 354 g/mol. The Hall–Kier alpha value is -2.97. The number of esters is 1. The summed E-state index contributed by atoms with van der Waals surface area (Å²) in [4.78, 5) is 33.2. The maximum absolute atomic E-state index is 14.0. The molecule has 9 heteroatoms. The zero-order valence-corrected chi connectivity index (χ0v) is 14.3. The molecule has 0 aliphatic heterocycles. The van der Waals surface area contributed by atoms with Crippen LogP contribution < -0.4 is 5.32 Å². The van der Waals surface area contributed by atoms with Crippen molar-refractivity contribution in [2.75, 3.05) is 13.7 Å². The van der Waals surface area contributed by atoms with Gasteiger partial charge in [0.2, 0.25) is 0 Å². The van der Waals surface area contributed by atoms with Crippen LogP contribution in [-0.2, 0) is 9.47 Å². The molecule has 0 unspecified atom stereocenters. The van der Waals surface area contributed by atoms with Gasteiger partial charge in [-0.3, -0.25) is 10.1 Å². The summed E-state index contributed by atoms with van der Waals surface area (Å²) in [5.41, 5.74) is -1.81. The van der Waals surface area contributed by atoms with Gasteiger partial charge in [0.25, 0.3) is 5.69 Å². The fourth-order valence-corrected chi connectivity index (χ4v) is 1.77. The maximum Gasteiger partial charge on any atom is 0.407 e. The number of ether oxygens (including phenoxy) is 2. The lowest BCUT2D eigenvalue weighted by Crippen LogP contribution is -2.32. The van der Waals surface area contributed by atoms with Crippen LogP contribution in [0.25, 0.3) is 6.08 Å². The Morgan fingerprint density at radius 3 is 2.52 bits per heavy atom. The number of rotatable bonds is 5. The van der Waals surface area contributed by atoms with Crippen molar-refractivity contribution in [3.8, 4) is 0 Å². The van der Waals surface area contributed by atoms with Crippen LogP contribution in [0.1, 0.15) is 36.7 Å². The van der Waals surface area contributed by atoms with Gasteiger partial charge >= 0.3 is 12.1 Å². The van der Waals surface area contributed by atoms with Gasteiger partial charge in [0, 0.05) is 18.2 Å². The fourth-order valence-electron chi connectivity index (χ4n) is 1.77. The molecular formula is C16H19FN2O6. The topological polar surface area (TPSA) is 108 Å². The van der Waals surface area contributed by atoms with E-state index in [9.17, 15) is 24.1 Å². The van der Waals surface area contributed by atoms with Crippen molar-refractivity contribution in [1.29, 1.82) is 0 Å². The molecule has 0 radical (unpaired) electrons. The quantitative estimate of drug-likeness (QED) is 0.495. The van der Waals surface area contributed by atoms with Crippen LogP contribution in [0.3, 0.4) is 0 Å². The molecule has 1 amide bonds. The highest BCUT2D eigenvalue weighted by Crippen LogP contribution is 2.24. The number of nitro benzene ring substituents is 1. The van der Waals surface area contributed by atoms with Crippen LogP contribution in [0.4, 0.5) is 14.9 Å². The number of alkyl carbamates (subject to hydrolysis) is 1. The zero-order valence-electron chi connectivity index (χ0n) is 14.3. The summed E-state index contributed by atoms with van der Waals surface area (Å²) < 4.78 is 23.4. The number of halogens is 1. The number of hydrogen-bond donors (Lipinski definition) is 1. The second-order valence-electron chi connectivity index (χ2n) is 5.92. The lowest BCUT2D eigenvalue weighted by atomic mass is 10.1. The molecule has 1 rings (SSSR count). The molecule has 0 spiro atoms. The zero-order chi connectivity index (χ0) is 19.2. The molecule has 0 heterocycles. The van der Waals surface area contributed by atoms with Crippen molar-refractivity contribution in [3.05, 3.63) is 45.3 Å². The summed E-state index contributed by atoms with van der Waals surface area (Å²) in [7, 11) is 1.04. The van der Waals surface area contributed by atoms with E-state index in [-0.39, 0.29) is 12.1 Å². The first-order chi connectivity index (χ1) is 11.5. The fraction of sp³-hybridized carbons (Fsp3) is 0.375. The molecule has 136 valence electrons. The van der Waals surface area contributed by atoms with E-state index in [0.717, 1.165) is 19.2 Å². The predicted octanol–water partition coefficient (Wildman–Crippen LogP) is 3.06. The summed E-state index contributed by atoms with van der Waals surface area (Å²) >= 11 is 0. The first-order valence-corrected chi connectivity index (χ1v) is 7.25. The Labute approximate surface area is 143 Å². The lowest BCUT2D eigenvalue weighted by Gasteiger charge is -2.19. The maximum atomic E-state index is 14.0. The van der Waals surface area contributed by atoms with Gasteiger partial charge in [0.05, 0.1) is 12.0 Å².